The number of hydrogen-bond acceptors (Lipinski definition) is 3. The molecule has 0 aliphatic rings. The molecule has 0 atom stereocenters. The van der Waals surface area contributed by atoms with Gasteiger partial charge in [0.1, 0.15) is 6.54 Å². The van der Waals surface area contributed by atoms with E-state index in [0.717, 1.165) is 11.1 Å². The highest BCUT2D eigenvalue weighted by Crippen LogP contribution is 2.16. The number of aromatic nitrogens is 1. The Morgan fingerprint density at radius 3 is 2.67 bits per heavy atom. The molecule has 3 rings (SSSR count). The maximum absolute atomic E-state index is 12.0. The number of oxazole rings is 1. The number of benzene rings is 2. The van der Waals surface area contributed by atoms with Gasteiger partial charge in [-0.25, -0.2) is 4.79 Å². The Balaban J connectivity index is 1.64. The molecule has 0 radical (unpaired) electrons. The number of rotatable bonds is 5. The molecule has 0 aliphatic carbocycles. The summed E-state index contributed by atoms with van der Waals surface area (Å²) in [5.74, 6) is -0.410. The lowest BCUT2D eigenvalue weighted by molar-refractivity contribution is -0.121. The van der Waals surface area contributed by atoms with Crippen LogP contribution in [0.1, 0.15) is 5.56 Å². The standard InChI is InChI=1S/C18H15ClN2O3/c19-15-8-4-5-13(9-15)10-20-17(22)12-21-11-16(24-18(21)23)14-6-2-1-3-7-14/h1-9,11H,10,12H2,(H,20,22). The van der Waals surface area contributed by atoms with E-state index in [2.05, 4.69) is 5.32 Å². The number of carbonyl (C=O) groups excluding carboxylic acids is 1. The Morgan fingerprint density at radius 1 is 1.12 bits per heavy atom. The van der Waals surface area contributed by atoms with Crippen LogP contribution >= 0.6 is 11.6 Å². The van der Waals surface area contributed by atoms with Crippen LogP contribution in [-0.2, 0) is 17.9 Å². The van der Waals surface area contributed by atoms with Gasteiger partial charge in [-0.3, -0.25) is 9.36 Å². The predicted octanol–water partition coefficient (Wildman–Crippen LogP) is 3.08. The van der Waals surface area contributed by atoms with Gasteiger partial charge in [-0.05, 0) is 17.7 Å². The molecule has 24 heavy (non-hydrogen) atoms. The smallest absolute Gasteiger partial charge is 0.408 e. The summed E-state index contributed by atoms with van der Waals surface area (Å²) in [4.78, 5) is 23.9. The van der Waals surface area contributed by atoms with Gasteiger partial charge in [0.05, 0.1) is 6.20 Å². The molecule has 0 bridgehead atoms. The number of halogens is 1. The largest absolute Gasteiger partial charge is 0.419 e. The Labute approximate surface area is 143 Å². The van der Waals surface area contributed by atoms with E-state index >= 15 is 0 Å². The van der Waals surface area contributed by atoms with E-state index in [0.29, 0.717) is 17.3 Å². The van der Waals surface area contributed by atoms with Gasteiger partial charge in [0, 0.05) is 17.1 Å². The average molecular weight is 343 g/mol. The quantitative estimate of drug-likeness (QED) is 0.775. The second-order valence-corrected chi connectivity index (χ2v) is 5.70. The molecule has 0 spiro atoms. The van der Waals surface area contributed by atoms with Crippen LogP contribution in [-0.4, -0.2) is 10.5 Å². The average Bonchev–Trinajstić information content (AvgIpc) is 2.95. The molecule has 1 amide bonds. The van der Waals surface area contributed by atoms with Crippen molar-refractivity contribution in [2.45, 2.75) is 13.1 Å². The Morgan fingerprint density at radius 2 is 1.92 bits per heavy atom. The van der Waals surface area contributed by atoms with Gasteiger partial charge in [-0.2, -0.15) is 0 Å². The van der Waals surface area contributed by atoms with E-state index in [-0.39, 0.29) is 12.5 Å². The molecule has 3 aromatic rings. The van der Waals surface area contributed by atoms with E-state index in [9.17, 15) is 9.59 Å². The number of amides is 1. The van der Waals surface area contributed by atoms with Crippen LogP contribution in [0.15, 0.2) is 70.0 Å². The van der Waals surface area contributed by atoms with Gasteiger partial charge in [-0.15, -0.1) is 0 Å². The fourth-order valence-electron chi connectivity index (χ4n) is 2.28. The van der Waals surface area contributed by atoms with Crippen LogP contribution in [0.25, 0.3) is 11.3 Å². The Hall–Kier alpha value is -2.79. The summed E-state index contributed by atoms with van der Waals surface area (Å²) in [7, 11) is 0. The zero-order chi connectivity index (χ0) is 16.9. The summed E-state index contributed by atoms with van der Waals surface area (Å²) in [6, 6.07) is 16.5. The van der Waals surface area contributed by atoms with Crippen molar-refractivity contribution in [3.63, 3.8) is 0 Å². The lowest BCUT2D eigenvalue weighted by Crippen LogP contribution is -2.30. The minimum Gasteiger partial charge on any atom is -0.408 e. The van der Waals surface area contributed by atoms with Crippen molar-refractivity contribution in [1.82, 2.24) is 9.88 Å². The van der Waals surface area contributed by atoms with Gasteiger partial charge in [0.15, 0.2) is 5.76 Å². The molecule has 6 heteroatoms. The van der Waals surface area contributed by atoms with Gasteiger partial charge >= 0.3 is 5.76 Å². The second-order valence-electron chi connectivity index (χ2n) is 5.26. The fraction of sp³-hybridized carbons (Fsp3) is 0.111. The van der Waals surface area contributed by atoms with Crippen LogP contribution in [0.5, 0.6) is 0 Å². The molecule has 5 nitrogen and oxygen atoms in total. The molecule has 0 fully saturated rings. The highest BCUT2D eigenvalue weighted by Gasteiger charge is 2.11. The van der Waals surface area contributed by atoms with E-state index < -0.39 is 5.76 Å². The lowest BCUT2D eigenvalue weighted by Gasteiger charge is -2.05. The summed E-state index contributed by atoms with van der Waals surface area (Å²) in [5.41, 5.74) is 1.67. The van der Waals surface area contributed by atoms with Crippen LogP contribution in [0.2, 0.25) is 5.02 Å². The molecule has 122 valence electrons. The minimum absolute atomic E-state index is 0.101. The van der Waals surface area contributed by atoms with Crippen molar-refractivity contribution >= 4 is 17.5 Å². The first-order chi connectivity index (χ1) is 11.6. The van der Waals surface area contributed by atoms with Crippen LogP contribution in [0.4, 0.5) is 0 Å². The predicted molar refractivity (Wildman–Crippen MR) is 91.7 cm³/mol. The van der Waals surface area contributed by atoms with Crippen molar-refractivity contribution < 1.29 is 9.21 Å². The SMILES string of the molecule is O=C(Cn1cc(-c2ccccc2)oc1=O)NCc1cccc(Cl)c1. The number of nitrogens with zero attached hydrogens (tertiary/aromatic N) is 1. The van der Waals surface area contributed by atoms with Gasteiger partial charge < -0.3 is 9.73 Å². The van der Waals surface area contributed by atoms with Crippen molar-refractivity contribution in [1.29, 1.82) is 0 Å². The summed E-state index contributed by atoms with van der Waals surface area (Å²) in [6.07, 6.45) is 1.54. The maximum atomic E-state index is 12.0. The van der Waals surface area contributed by atoms with E-state index in [1.807, 2.05) is 42.5 Å². The van der Waals surface area contributed by atoms with Gasteiger partial charge in [0.25, 0.3) is 0 Å². The first-order valence-electron chi connectivity index (χ1n) is 7.38. The van der Waals surface area contributed by atoms with E-state index in [1.165, 1.54) is 10.8 Å². The molecule has 2 aromatic carbocycles. The topological polar surface area (TPSA) is 64.2 Å². The molecule has 0 saturated heterocycles. The monoisotopic (exact) mass is 342 g/mol. The Kier molecular flexibility index (Phi) is 4.82. The van der Waals surface area contributed by atoms with E-state index in [4.69, 9.17) is 16.0 Å². The lowest BCUT2D eigenvalue weighted by atomic mass is 10.2. The van der Waals surface area contributed by atoms with Crippen molar-refractivity contribution in [2.24, 2.45) is 0 Å². The van der Waals surface area contributed by atoms with Gasteiger partial charge in [0.2, 0.25) is 5.91 Å². The van der Waals surface area contributed by atoms with Crippen LogP contribution in [0, 0.1) is 0 Å². The summed E-state index contributed by atoms with van der Waals surface area (Å²) in [5, 5.41) is 3.36. The summed E-state index contributed by atoms with van der Waals surface area (Å²) in [6.45, 7) is 0.243. The number of nitrogens with one attached hydrogen (secondary N) is 1. The zero-order valence-corrected chi connectivity index (χ0v) is 13.5. The van der Waals surface area contributed by atoms with Crippen molar-refractivity contribution in [3.8, 4) is 11.3 Å². The highest BCUT2D eigenvalue weighted by molar-refractivity contribution is 6.30. The molecule has 1 N–H and O–H groups in total. The van der Waals surface area contributed by atoms with Crippen LogP contribution in [0.3, 0.4) is 0 Å². The molecule has 0 unspecified atom stereocenters. The normalized spacial score (nSPS) is 10.5. The third-order valence-corrected chi connectivity index (χ3v) is 3.69. The first kappa shape index (κ1) is 16.1. The molecular weight excluding hydrogens is 328 g/mol. The Bertz CT molecular complexity index is 900. The summed E-state index contributed by atoms with van der Waals surface area (Å²) >= 11 is 5.90. The third kappa shape index (κ3) is 3.94. The molecular formula is C18H15ClN2O3. The molecule has 1 heterocycles. The minimum atomic E-state index is -0.563. The molecule has 1 aromatic heterocycles. The van der Waals surface area contributed by atoms with Crippen molar-refractivity contribution in [3.05, 3.63) is 81.9 Å². The number of carbonyl (C=O) groups is 1. The summed E-state index contributed by atoms with van der Waals surface area (Å²) < 4.78 is 6.44. The third-order valence-electron chi connectivity index (χ3n) is 3.46. The van der Waals surface area contributed by atoms with Crippen LogP contribution < -0.4 is 11.1 Å². The van der Waals surface area contributed by atoms with E-state index in [1.54, 1.807) is 12.1 Å². The fourth-order valence-corrected chi connectivity index (χ4v) is 2.49. The van der Waals surface area contributed by atoms with Crippen molar-refractivity contribution in [2.75, 3.05) is 0 Å². The van der Waals surface area contributed by atoms with Gasteiger partial charge in [-0.1, -0.05) is 54.1 Å². The highest BCUT2D eigenvalue weighted by atomic mass is 35.5. The zero-order valence-electron chi connectivity index (χ0n) is 12.7. The molecule has 0 aliphatic heterocycles. The maximum Gasteiger partial charge on any atom is 0.419 e. The second kappa shape index (κ2) is 7.19. The molecule has 0 saturated carbocycles. The number of hydrogen-bond donors (Lipinski definition) is 1. The first-order valence-corrected chi connectivity index (χ1v) is 7.76.